The van der Waals surface area contributed by atoms with Gasteiger partial charge < -0.3 is 4.74 Å². The van der Waals surface area contributed by atoms with Crippen LogP contribution in [0.4, 0.5) is 0 Å². The van der Waals surface area contributed by atoms with E-state index in [1.165, 1.54) is 0 Å². The van der Waals surface area contributed by atoms with E-state index in [2.05, 4.69) is 32.9 Å². The molecule has 4 nitrogen and oxygen atoms in total. The molecule has 2 aromatic rings. The van der Waals surface area contributed by atoms with Gasteiger partial charge in [-0.25, -0.2) is 0 Å². The van der Waals surface area contributed by atoms with Crippen LogP contribution in [-0.2, 0) is 0 Å². The molecule has 0 fully saturated rings. The predicted octanol–water partition coefficient (Wildman–Crippen LogP) is 2.27. The lowest BCUT2D eigenvalue weighted by molar-refractivity contribution is 0.314. The van der Waals surface area contributed by atoms with Gasteiger partial charge in [-0.1, -0.05) is 23.4 Å². The summed E-state index contributed by atoms with van der Waals surface area (Å²) in [5.41, 5.74) is 0.955. The number of hydrogen-bond donors (Lipinski definition) is 0. The Morgan fingerprint density at radius 3 is 2.73 bits per heavy atom. The van der Waals surface area contributed by atoms with Crippen LogP contribution < -0.4 is 4.74 Å². The van der Waals surface area contributed by atoms with Crippen molar-refractivity contribution in [3.63, 3.8) is 0 Å². The number of para-hydroxylation sites is 1. The molecule has 0 saturated carbocycles. The highest BCUT2D eigenvalue weighted by atomic mass is 127. The van der Waals surface area contributed by atoms with Crippen LogP contribution in [0.15, 0.2) is 30.3 Å². The standard InChI is InChI=1S/C10H10IN3O/c1-2-15-10-9(11)12-13-14(10)8-6-4-3-5-7-8/h3-7H,2H2,1H3. The van der Waals surface area contributed by atoms with Gasteiger partial charge in [0.2, 0.25) is 0 Å². The van der Waals surface area contributed by atoms with Crippen LogP contribution >= 0.6 is 22.6 Å². The third-order valence-electron chi connectivity index (χ3n) is 1.87. The number of ether oxygens (including phenoxy) is 1. The average molecular weight is 315 g/mol. The first-order valence-electron chi connectivity index (χ1n) is 4.62. The SMILES string of the molecule is CCOc1c(I)nnn1-c1ccccc1. The maximum Gasteiger partial charge on any atom is 0.251 e. The first kappa shape index (κ1) is 10.4. The van der Waals surface area contributed by atoms with Crippen LogP contribution in [-0.4, -0.2) is 21.6 Å². The minimum Gasteiger partial charge on any atom is -0.476 e. The Hall–Kier alpha value is -1.11. The fraction of sp³-hybridized carbons (Fsp3) is 0.200. The summed E-state index contributed by atoms with van der Waals surface area (Å²) in [7, 11) is 0. The van der Waals surface area contributed by atoms with Crippen molar-refractivity contribution in [3.05, 3.63) is 34.0 Å². The molecule has 0 aliphatic carbocycles. The molecule has 0 bridgehead atoms. The Labute approximate surface area is 101 Å². The van der Waals surface area contributed by atoms with E-state index in [1.54, 1.807) is 4.68 Å². The van der Waals surface area contributed by atoms with Gasteiger partial charge in [0.15, 0.2) is 3.70 Å². The van der Waals surface area contributed by atoms with E-state index < -0.39 is 0 Å². The zero-order chi connectivity index (χ0) is 10.7. The molecule has 0 aliphatic heterocycles. The molecule has 0 amide bonds. The second-order valence-electron chi connectivity index (χ2n) is 2.87. The van der Waals surface area contributed by atoms with Crippen molar-refractivity contribution in [2.24, 2.45) is 0 Å². The summed E-state index contributed by atoms with van der Waals surface area (Å²) in [4.78, 5) is 0. The largest absolute Gasteiger partial charge is 0.476 e. The summed E-state index contributed by atoms with van der Waals surface area (Å²) in [5.74, 6) is 0.698. The molecule has 15 heavy (non-hydrogen) atoms. The number of rotatable bonds is 3. The summed E-state index contributed by atoms with van der Waals surface area (Å²) >= 11 is 2.11. The van der Waals surface area contributed by atoms with Crippen molar-refractivity contribution in [1.82, 2.24) is 15.0 Å². The monoisotopic (exact) mass is 315 g/mol. The highest BCUT2D eigenvalue weighted by Crippen LogP contribution is 2.21. The van der Waals surface area contributed by atoms with Crippen LogP contribution in [0.25, 0.3) is 5.69 Å². The topological polar surface area (TPSA) is 39.9 Å². The lowest BCUT2D eigenvalue weighted by Gasteiger charge is -2.05. The Bertz CT molecular complexity index is 441. The number of benzene rings is 1. The smallest absolute Gasteiger partial charge is 0.251 e. The molecule has 1 aromatic carbocycles. The Kier molecular flexibility index (Phi) is 3.20. The van der Waals surface area contributed by atoms with Gasteiger partial charge in [0, 0.05) is 0 Å². The molecule has 1 aromatic heterocycles. The van der Waals surface area contributed by atoms with Gasteiger partial charge >= 0.3 is 0 Å². The van der Waals surface area contributed by atoms with Crippen molar-refractivity contribution < 1.29 is 4.74 Å². The van der Waals surface area contributed by atoms with Crippen molar-refractivity contribution in [3.8, 4) is 11.6 Å². The minimum atomic E-state index is 0.607. The van der Waals surface area contributed by atoms with Crippen molar-refractivity contribution in [1.29, 1.82) is 0 Å². The molecule has 78 valence electrons. The van der Waals surface area contributed by atoms with Crippen molar-refractivity contribution in [2.75, 3.05) is 6.61 Å². The molecule has 1 heterocycles. The van der Waals surface area contributed by atoms with Gasteiger partial charge in [0.1, 0.15) is 0 Å². The normalized spacial score (nSPS) is 10.3. The average Bonchev–Trinajstić information content (AvgIpc) is 2.63. The van der Waals surface area contributed by atoms with Crippen LogP contribution in [0.5, 0.6) is 5.88 Å². The second kappa shape index (κ2) is 4.61. The summed E-state index contributed by atoms with van der Waals surface area (Å²) in [6.45, 7) is 2.55. The Morgan fingerprint density at radius 1 is 1.33 bits per heavy atom. The van der Waals surface area contributed by atoms with E-state index in [-0.39, 0.29) is 0 Å². The maximum absolute atomic E-state index is 5.49. The van der Waals surface area contributed by atoms with E-state index in [1.807, 2.05) is 37.3 Å². The first-order valence-corrected chi connectivity index (χ1v) is 5.70. The molecule has 0 spiro atoms. The molecule has 0 unspecified atom stereocenters. The van der Waals surface area contributed by atoms with Gasteiger partial charge in [-0.2, -0.15) is 4.68 Å². The molecule has 0 aliphatic rings. The lowest BCUT2D eigenvalue weighted by atomic mass is 10.3. The third-order valence-corrected chi connectivity index (χ3v) is 2.55. The molecular weight excluding hydrogens is 305 g/mol. The number of aromatic nitrogens is 3. The van der Waals surface area contributed by atoms with Gasteiger partial charge in [-0.3, -0.25) is 0 Å². The van der Waals surface area contributed by atoms with Gasteiger partial charge in [-0.15, -0.1) is 5.10 Å². The quantitative estimate of drug-likeness (QED) is 0.816. The van der Waals surface area contributed by atoms with Gasteiger partial charge in [0.05, 0.1) is 12.3 Å². The van der Waals surface area contributed by atoms with Gasteiger partial charge in [-0.05, 0) is 41.6 Å². The number of halogens is 1. The van der Waals surface area contributed by atoms with Crippen LogP contribution in [0.2, 0.25) is 0 Å². The highest BCUT2D eigenvalue weighted by molar-refractivity contribution is 14.1. The van der Waals surface area contributed by atoms with Gasteiger partial charge in [0.25, 0.3) is 5.88 Å². The van der Waals surface area contributed by atoms with E-state index in [4.69, 9.17) is 4.74 Å². The van der Waals surface area contributed by atoms with E-state index in [0.717, 1.165) is 9.39 Å². The summed E-state index contributed by atoms with van der Waals surface area (Å²) < 4.78 is 7.97. The van der Waals surface area contributed by atoms with E-state index in [0.29, 0.717) is 12.5 Å². The second-order valence-corrected chi connectivity index (χ2v) is 3.89. The van der Waals surface area contributed by atoms with E-state index >= 15 is 0 Å². The number of nitrogens with zero attached hydrogens (tertiary/aromatic N) is 3. The van der Waals surface area contributed by atoms with Crippen molar-refractivity contribution in [2.45, 2.75) is 6.92 Å². The lowest BCUT2D eigenvalue weighted by Crippen LogP contribution is -2.02. The fourth-order valence-corrected chi connectivity index (χ4v) is 1.73. The molecule has 0 saturated heterocycles. The summed E-state index contributed by atoms with van der Waals surface area (Å²) in [5, 5.41) is 8.02. The van der Waals surface area contributed by atoms with Crippen LogP contribution in [0.1, 0.15) is 6.92 Å². The summed E-state index contributed by atoms with van der Waals surface area (Å²) in [6, 6.07) is 9.81. The van der Waals surface area contributed by atoms with E-state index in [9.17, 15) is 0 Å². The predicted molar refractivity (Wildman–Crippen MR) is 65.2 cm³/mol. The minimum absolute atomic E-state index is 0.607. The molecule has 0 N–H and O–H groups in total. The number of hydrogen-bond acceptors (Lipinski definition) is 3. The van der Waals surface area contributed by atoms with Crippen molar-refractivity contribution >= 4 is 22.6 Å². The molecular formula is C10H10IN3O. The zero-order valence-electron chi connectivity index (χ0n) is 8.22. The molecule has 5 heteroatoms. The van der Waals surface area contributed by atoms with Crippen LogP contribution in [0.3, 0.4) is 0 Å². The molecule has 0 atom stereocenters. The molecule has 2 rings (SSSR count). The first-order chi connectivity index (χ1) is 7.33. The Balaban J connectivity index is 2.44. The fourth-order valence-electron chi connectivity index (χ4n) is 1.25. The van der Waals surface area contributed by atoms with Crippen LogP contribution in [0, 0.1) is 3.70 Å². The zero-order valence-corrected chi connectivity index (χ0v) is 10.4. The summed E-state index contributed by atoms with van der Waals surface area (Å²) in [6.07, 6.45) is 0. The highest BCUT2D eigenvalue weighted by Gasteiger charge is 2.12. The molecule has 0 radical (unpaired) electrons. The Morgan fingerprint density at radius 2 is 2.07 bits per heavy atom. The maximum atomic E-state index is 5.49. The third kappa shape index (κ3) is 2.11.